The van der Waals surface area contributed by atoms with Crippen LogP contribution in [0, 0.1) is 13.8 Å². The van der Waals surface area contributed by atoms with Crippen molar-refractivity contribution in [2.75, 3.05) is 13.2 Å². The normalized spacial score (nSPS) is 12.5. The van der Waals surface area contributed by atoms with E-state index >= 15 is 0 Å². The molecule has 0 bridgehead atoms. The molecule has 0 aliphatic rings. The number of carbonyl (C=O) groups excluding carboxylic acids is 1. The molecule has 0 saturated heterocycles. The van der Waals surface area contributed by atoms with Crippen molar-refractivity contribution in [3.8, 4) is 17.1 Å². The van der Waals surface area contributed by atoms with Crippen molar-refractivity contribution >= 4 is 34.0 Å². The van der Waals surface area contributed by atoms with E-state index in [2.05, 4.69) is 19.9 Å². The van der Waals surface area contributed by atoms with Crippen LogP contribution in [0.2, 0.25) is 0 Å². The number of esters is 1. The number of ether oxygens (including phenoxy) is 2. The summed E-state index contributed by atoms with van der Waals surface area (Å²) in [5.41, 5.74) is 5.64. The smallest absolute Gasteiger partial charge is 0.328 e. The molecule has 222 valence electrons. The third-order valence-electron chi connectivity index (χ3n) is 7.80. The molecule has 0 aliphatic carbocycles. The van der Waals surface area contributed by atoms with Crippen molar-refractivity contribution in [1.82, 2.24) is 14.2 Å². The lowest BCUT2D eigenvalue weighted by molar-refractivity contribution is -0.146. The van der Waals surface area contributed by atoms with Crippen LogP contribution >= 0.6 is 0 Å². The molecule has 5 aromatic rings. The second-order valence-electron chi connectivity index (χ2n) is 10.9. The van der Waals surface area contributed by atoms with Crippen molar-refractivity contribution in [2.24, 2.45) is 5.10 Å². The fourth-order valence-corrected chi connectivity index (χ4v) is 5.64. The summed E-state index contributed by atoms with van der Waals surface area (Å²) in [5.74, 6) is 1.17. The van der Waals surface area contributed by atoms with Crippen molar-refractivity contribution in [3.05, 3.63) is 93.4 Å². The van der Waals surface area contributed by atoms with Gasteiger partial charge < -0.3 is 14.0 Å². The molecule has 0 spiro atoms. The summed E-state index contributed by atoms with van der Waals surface area (Å²) in [4.78, 5) is 31.7. The Balaban J connectivity index is 1.75. The van der Waals surface area contributed by atoms with Gasteiger partial charge in [0.15, 0.2) is 5.82 Å². The van der Waals surface area contributed by atoms with E-state index in [1.807, 2.05) is 80.8 Å². The summed E-state index contributed by atoms with van der Waals surface area (Å²) in [7, 11) is 0. The molecule has 0 aliphatic heterocycles. The Kier molecular flexibility index (Phi) is 8.48. The third-order valence-corrected chi connectivity index (χ3v) is 7.80. The molecule has 0 unspecified atom stereocenters. The molecule has 0 fully saturated rings. The number of benzene rings is 3. The largest absolute Gasteiger partial charge is 0.494 e. The van der Waals surface area contributed by atoms with E-state index < -0.39 is 6.04 Å². The molecule has 0 amide bonds. The molecular weight excluding hydrogens is 540 g/mol. The Morgan fingerprint density at radius 3 is 2.37 bits per heavy atom. The van der Waals surface area contributed by atoms with Crippen LogP contribution in [0.3, 0.4) is 0 Å². The molecular formula is C35H38N4O4. The van der Waals surface area contributed by atoms with Crippen LogP contribution in [0.5, 0.6) is 5.75 Å². The lowest BCUT2D eigenvalue weighted by Crippen LogP contribution is -2.21. The first-order chi connectivity index (χ1) is 20.7. The number of aromatic nitrogens is 3. The van der Waals surface area contributed by atoms with Crippen LogP contribution in [-0.4, -0.2) is 39.6 Å². The van der Waals surface area contributed by atoms with Gasteiger partial charge in [-0.05, 0) is 82.0 Å². The monoisotopic (exact) mass is 578 g/mol. The summed E-state index contributed by atoms with van der Waals surface area (Å²) in [6.07, 6.45) is 1.70. The predicted molar refractivity (Wildman–Crippen MR) is 172 cm³/mol. The summed E-state index contributed by atoms with van der Waals surface area (Å²) in [6.45, 7) is 14.6. The molecule has 0 radical (unpaired) electrons. The highest BCUT2D eigenvalue weighted by Crippen LogP contribution is 2.34. The average molecular weight is 579 g/mol. The van der Waals surface area contributed by atoms with E-state index in [0.717, 1.165) is 44.6 Å². The molecule has 8 nitrogen and oxygen atoms in total. The van der Waals surface area contributed by atoms with Gasteiger partial charge in [0.25, 0.3) is 5.56 Å². The molecule has 5 rings (SSSR count). The van der Waals surface area contributed by atoms with Crippen molar-refractivity contribution in [2.45, 2.75) is 60.4 Å². The number of hydrogen-bond donors (Lipinski definition) is 0. The second-order valence-corrected chi connectivity index (χ2v) is 10.9. The fraction of sp³-hybridized carbons (Fsp3) is 0.314. The number of carbonyl (C=O) groups is 1. The average Bonchev–Trinajstić information content (AvgIpc) is 3.27. The summed E-state index contributed by atoms with van der Waals surface area (Å²) < 4.78 is 14.6. The highest BCUT2D eigenvalue weighted by molar-refractivity contribution is 6.02. The maximum atomic E-state index is 14.0. The van der Waals surface area contributed by atoms with Gasteiger partial charge in [0.05, 0.1) is 30.3 Å². The van der Waals surface area contributed by atoms with Gasteiger partial charge in [0, 0.05) is 27.7 Å². The second kappa shape index (κ2) is 12.3. The summed E-state index contributed by atoms with van der Waals surface area (Å²) >= 11 is 0. The Hall–Kier alpha value is -4.72. The first-order valence-electron chi connectivity index (χ1n) is 14.8. The van der Waals surface area contributed by atoms with Crippen LogP contribution in [0.1, 0.15) is 69.0 Å². The van der Waals surface area contributed by atoms with Gasteiger partial charge in [-0.15, -0.1) is 0 Å². The van der Waals surface area contributed by atoms with Crippen molar-refractivity contribution < 1.29 is 14.3 Å². The quantitative estimate of drug-likeness (QED) is 0.137. The minimum atomic E-state index is -0.534. The summed E-state index contributed by atoms with van der Waals surface area (Å²) in [6, 6.07) is 18.7. The van der Waals surface area contributed by atoms with Gasteiger partial charge >= 0.3 is 5.97 Å². The van der Waals surface area contributed by atoms with Crippen LogP contribution in [-0.2, 0) is 9.53 Å². The number of rotatable bonds is 9. The standard InChI is InChI=1S/C35H38N4O4/c1-8-42-32-18-22(5)28(19-27(32)21(3)4)33-37-30-16-12-10-15-26(30)34(40)39(33)36-20-29-23(6)38(24(7)35(41)43-9-2)31-17-13-11-14-25(29)31/h10-21,24H,8-9H2,1-7H3/t24-/m0/s1. The van der Waals surface area contributed by atoms with Crippen LogP contribution in [0.15, 0.2) is 70.6 Å². The number of nitrogens with zero attached hydrogens (tertiary/aromatic N) is 4. The lowest BCUT2D eigenvalue weighted by Gasteiger charge is -2.18. The van der Waals surface area contributed by atoms with Gasteiger partial charge in [0.2, 0.25) is 0 Å². The van der Waals surface area contributed by atoms with Gasteiger partial charge in [-0.2, -0.15) is 9.78 Å². The minimum Gasteiger partial charge on any atom is -0.494 e. The highest BCUT2D eigenvalue weighted by atomic mass is 16.5. The first-order valence-corrected chi connectivity index (χ1v) is 14.8. The number of hydrogen-bond acceptors (Lipinski definition) is 6. The molecule has 2 heterocycles. The molecule has 3 aromatic carbocycles. The van der Waals surface area contributed by atoms with Crippen molar-refractivity contribution in [3.63, 3.8) is 0 Å². The number of fused-ring (bicyclic) bond motifs is 2. The van der Waals surface area contributed by atoms with Crippen molar-refractivity contribution in [1.29, 1.82) is 0 Å². The van der Waals surface area contributed by atoms with Gasteiger partial charge in [-0.25, -0.2) is 9.78 Å². The zero-order valence-electron chi connectivity index (χ0n) is 25.8. The van der Waals surface area contributed by atoms with E-state index in [9.17, 15) is 9.59 Å². The Morgan fingerprint density at radius 1 is 0.977 bits per heavy atom. The number of para-hydroxylation sites is 2. The van der Waals surface area contributed by atoms with Gasteiger partial charge in [-0.1, -0.05) is 44.2 Å². The predicted octanol–water partition coefficient (Wildman–Crippen LogP) is 7.16. The SMILES string of the molecule is CCOC(=O)[C@H](C)n1c(C)c(C=Nn2c(-c3cc(C(C)C)c(OCC)cc3C)nc3ccccc3c2=O)c2ccccc21. The molecule has 2 aromatic heterocycles. The van der Waals surface area contributed by atoms with E-state index in [1.165, 1.54) is 4.68 Å². The van der Waals surface area contributed by atoms with E-state index in [1.54, 1.807) is 19.2 Å². The number of aryl methyl sites for hydroxylation is 1. The Labute approximate surface area is 251 Å². The van der Waals surface area contributed by atoms with Gasteiger partial charge in [-0.3, -0.25) is 4.79 Å². The molecule has 0 N–H and O–H groups in total. The Bertz CT molecular complexity index is 1920. The molecule has 43 heavy (non-hydrogen) atoms. The van der Waals surface area contributed by atoms with E-state index in [0.29, 0.717) is 29.9 Å². The van der Waals surface area contributed by atoms with Gasteiger partial charge in [0.1, 0.15) is 11.8 Å². The molecule has 8 heteroatoms. The maximum Gasteiger partial charge on any atom is 0.328 e. The fourth-order valence-electron chi connectivity index (χ4n) is 5.64. The van der Waals surface area contributed by atoms with Crippen LogP contribution in [0.4, 0.5) is 0 Å². The first kappa shape index (κ1) is 29.8. The topological polar surface area (TPSA) is 87.7 Å². The zero-order valence-corrected chi connectivity index (χ0v) is 25.8. The maximum absolute atomic E-state index is 14.0. The van der Waals surface area contributed by atoms with Crippen LogP contribution in [0.25, 0.3) is 33.2 Å². The zero-order chi connectivity index (χ0) is 30.8. The lowest BCUT2D eigenvalue weighted by atomic mass is 9.96. The molecule has 1 atom stereocenters. The minimum absolute atomic E-state index is 0.195. The summed E-state index contributed by atoms with van der Waals surface area (Å²) in [5, 5.41) is 6.19. The van der Waals surface area contributed by atoms with E-state index in [4.69, 9.17) is 19.6 Å². The highest BCUT2D eigenvalue weighted by Gasteiger charge is 2.23. The Morgan fingerprint density at radius 2 is 1.67 bits per heavy atom. The third kappa shape index (κ3) is 5.45. The molecule has 0 saturated carbocycles. The van der Waals surface area contributed by atoms with Crippen LogP contribution < -0.4 is 10.3 Å². The van der Waals surface area contributed by atoms with E-state index in [-0.39, 0.29) is 17.4 Å².